The van der Waals surface area contributed by atoms with Crippen molar-refractivity contribution in [3.63, 3.8) is 0 Å². The summed E-state index contributed by atoms with van der Waals surface area (Å²) in [5.74, 6) is 1.38. The van der Waals surface area contributed by atoms with Crippen LogP contribution in [0.4, 0.5) is 0 Å². The summed E-state index contributed by atoms with van der Waals surface area (Å²) in [5.41, 5.74) is 2.04. The second-order valence-electron chi connectivity index (χ2n) is 7.62. The minimum Gasteiger partial charge on any atom is -0.464 e. The molecule has 2 aromatic rings. The third-order valence-corrected chi connectivity index (χ3v) is 5.14. The van der Waals surface area contributed by atoms with E-state index in [2.05, 4.69) is 13.8 Å². The van der Waals surface area contributed by atoms with Gasteiger partial charge in [0.15, 0.2) is 5.76 Å². The maximum atomic E-state index is 10.6. The van der Waals surface area contributed by atoms with Gasteiger partial charge in [0.2, 0.25) is 12.6 Å². The summed E-state index contributed by atoms with van der Waals surface area (Å²) in [6.45, 7) is 6.29. The van der Waals surface area contributed by atoms with Crippen molar-refractivity contribution in [2.75, 3.05) is 6.61 Å². The molecular weight excluding hydrogens is 364 g/mol. The first-order valence-corrected chi connectivity index (χ1v) is 9.53. The summed E-state index contributed by atoms with van der Waals surface area (Å²) in [4.78, 5) is 0. The number of furan rings is 1. The zero-order chi connectivity index (χ0) is 19.8. The Balaban J connectivity index is 1.50. The number of benzene rings is 1. The van der Waals surface area contributed by atoms with Crippen LogP contribution in [0.2, 0.25) is 0 Å². The zero-order valence-electron chi connectivity index (χ0n) is 16.1. The Labute approximate surface area is 163 Å². The number of aryl methyl sites for hydroxylation is 1. The molecule has 2 saturated heterocycles. The largest absolute Gasteiger partial charge is 0.464 e. The Kier molecular flexibility index (Phi) is 5.44. The van der Waals surface area contributed by atoms with Gasteiger partial charge in [-0.3, -0.25) is 0 Å². The molecule has 6 atom stereocenters. The monoisotopic (exact) mass is 390 g/mol. The Morgan fingerprint density at radius 1 is 1.11 bits per heavy atom. The smallest absolute Gasteiger partial charge is 0.229 e. The van der Waals surface area contributed by atoms with E-state index in [1.165, 1.54) is 6.26 Å². The molecular formula is C21H26O7. The van der Waals surface area contributed by atoms with Crippen molar-refractivity contribution in [1.29, 1.82) is 0 Å². The molecule has 2 aliphatic heterocycles. The molecule has 3 heterocycles. The van der Waals surface area contributed by atoms with Gasteiger partial charge in [0, 0.05) is 0 Å². The first-order chi connectivity index (χ1) is 13.4. The highest BCUT2D eigenvalue weighted by molar-refractivity contribution is 5.39. The van der Waals surface area contributed by atoms with E-state index in [9.17, 15) is 10.2 Å². The lowest BCUT2D eigenvalue weighted by molar-refractivity contribution is -0.352. The van der Waals surface area contributed by atoms with E-state index in [1.54, 1.807) is 12.1 Å². The minimum atomic E-state index is -1.27. The first kappa shape index (κ1) is 19.4. The van der Waals surface area contributed by atoms with E-state index >= 15 is 0 Å². The van der Waals surface area contributed by atoms with Gasteiger partial charge < -0.3 is 33.6 Å². The SMILES string of the molecule is Cc1ccc(C(C)C)c(OC2OC3COC(c4ccco4)OC3C(O)C2O)c1. The van der Waals surface area contributed by atoms with Gasteiger partial charge in [0.25, 0.3) is 0 Å². The highest BCUT2D eigenvalue weighted by Gasteiger charge is 2.50. The van der Waals surface area contributed by atoms with Crippen molar-refractivity contribution in [2.24, 2.45) is 0 Å². The van der Waals surface area contributed by atoms with Crippen LogP contribution in [-0.2, 0) is 14.2 Å². The summed E-state index contributed by atoms with van der Waals surface area (Å²) in [6.07, 6.45) is -4.02. The van der Waals surface area contributed by atoms with Gasteiger partial charge in [0.05, 0.1) is 12.9 Å². The molecule has 7 nitrogen and oxygen atoms in total. The molecule has 2 fully saturated rings. The number of aliphatic hydroxyl groups is 2. The maximum absolute atomic E-state index is 10.6. The van der Waals surface area contributed by atoms with Crippen LogP contribution >= 0.6 is 0 Å². The highest BCUT2D eigenvalue weighted by atomic mass is 16.8. The number of fused-ring (bicyclic) bond motifs is 1. The molecule has 0 amide bonds. The molecule has 0 spiro atoms. The molecule has 2 N–H and O–H groups in total. The van der Waals surface area contributed by atoms with Crippen molar-refractivity contribution in [3.05, 3.63) is 53.5 Å². The van der Waals surface area contributed by atoms with Gasteiger partial charge in [-0.2, -0.15) is 0 Å². The molecule has 0 aliphatic carbocycles. The van der Waals surface area contributed by atoms with Crippen LogP contribution in [0.25, 0.3) is 0 Å². The van der Waals surface area contributed by atoms with Crippen LogP contribution in [0, 0.1) is 6.92 Å². The summed E-state index contributed by atoms with van der Waals surface area (Å²) in [6, 6.07) is 9.39. The number of rotatable bonds is 4. The third-order valence-electron chi connectivity index (χ3n) is 5.14. The molecule has 2 aliphatic rings. The number of ether oxygens (including phenoxy) is 4. The lowest BCUT2D eigenvalue weighted by Crippen LogP contribution is -2.62. The highest BCUT2D eigenvalue weighted by Crippen LogP contribution is 2.36. The summed E-state index contributed by atoms with van der Waals surface area (Å²) >= 11 is 0. The predicted molar refractivity (Wildman–Crippen MR) is 98.8 cm³/mol. The average molecular weight is 390 g/mol. The molecule has 6 unspecified atom stereocenters. The van der Waals surface area contributed by atoms with E-state index < -0.39 is 37.0 Å². The Morgan fingerprint density at radius 2 is 1.93 bits per heavy atom. The second-order valence-corrected chi connectivity index (χ2v) is 7.62. The van der Waals surface area contributed by atoms with E-state index in [-0.39, 0.29) is 12.5 Å². The molecule has 0 saturated carbocycles. The Hall–Kier alpha value is -1.90. The molecule has 4 rings (SSSR count). The fourth-order valence-corrected chi connectivity index (χ4v) is 3.59. The van der Waals surface area contributed by atoms with Crippen molar-refractivity contribution in [1.82, 2.24) is 0 Å². The molecule has 7 heteroatoms. The lowest BCUT2D eigenvalue weighted by Gasteiger charge is -2.45. The van der Waals surface area contributed by atoms with E-state index in [1.807, 2.05) is 25.1 Å². The average Bonchev–Trinajstić information content (AvgIpc) is 3.20. The fourth-order valence-electron chi connectivity index (χ4n) is 3.59. The summed E-state index contributed by atoms with van der Waals surface area (Å²) in [5, 5.41) is 21.3. The zero-order valence-corrected chi connectivity index (χ0v) is 16.1. The van der Waals surface area contributed by atoms with Gasteiger partial charge in [0.1, 0.15) is 30.2 Å². The van der Waals surface area contributed by atoms with Crippen LogP contribution in [0.5, 0.6) is 5.75 Å². The van der Waals surface area contributed by atoms with Gasteiger partial charge in [-0.05, 0) is 42.2 Å². The van der Waals surface area contributed by atoms with Crippen LogP contribution in [0.1, 0.15) is 42.9 Å². The predicted octanol–water partition coefficient (Wildman–Crippen LogP) is 2.65. The van der Waals surface area contributed by atoms with Gasteiger partial charge in [-0.25, -0.2) is 0 Å². The Bertz CT molecular complexity index is 786. The molecule has 1 aromatic heterocycles. The van der Waals surface area contributed by atoms with Crippen LogP contribution in [0.15, 0.2) is 41.0 Å². The van der Waals surface area contributed by atoms with Gasteiger partial charge in [-0.15, -0.1) is 0 Å². The van der Waals surface area contributed by atoms with Crippen LogP contribution in [-0.4, -0.2) is 47.5 Å². The fraction of sp³-hybridized carbons (Fsp3) is 0.524. The summed E-state index contributed by atoms with van der Waals surface area (Å²) in [7, 11) is 0. The number of hydrogen-bond acceptors (Lipinski definition) is 7. The quantitative estimate of drug-likeness (QED) is 0.829. The number of aliphatic hydroxyl groups excluding tert-OH is 2. The summed E-state index contributed by atoms with van der Waals surface area (Å²) < 4.78 is 28.7. The van der Waals surface area contributed by atoms with Crippen molar-refractivity contribution < 1.29 is 33.6 Å². The van der Waals surface area contributed by atoms with Gasteiger partial charge >= 0.3 is 0 Å². The van der Waals surface area contributed by atoms with E-state index in [0.717, 1.165) is 11.1 Å². The molecule has 1 aromatic carbocycles. The lowest BCUT2D eigenvalue weighted by atomic mass is 9.97. The van der Waals surface area contributed by atoms with E-state index in [0.29, 0.717) is 11.5 Å². The standard InChI is InChI=1S/C21H26O7/c1-11(2)13-7-6-12(3)9-15(13)26-21-18(23)17(22)19-16(27-21)10-25-20(28-19)14-5-4-8-24-14/h4-9,11,16-23H,10H2,1-3H3. The molecule has 152 valence electrons. The third kappa shape index (κ3) is 3.68. The molecule has 0 radical (unpaired) electrons. The van der Waals surface area contributed by atoms with Crippen LogP contribution < -0.4 is 4.74 Å². The maximum Gasteiger partial charge on any atom is 0.229 e. The first-order valence-electron chi connectivity index (χ1n) is 9.53. The second kappa shape index (κ2) is 7.85. The number of hydrogen-bond donors (Lipinski definition) is 2. The normalized spacial score (nSPS) is 32.9. The van der Waals surface area contributed by atoms with Crippen LogP contribution in [0.3, 0.4) is 0 Å². The van der Waals surface area contributed by atoms with Gasteiger partial charge in [-0.1, -0.05) is 26.0 Å². The van der Waals surface area contributed by atoms with E-state index in [4.69, 9.17) is 23.4 Å². The Morgan fingerprint density at radius 3 is 2.64 bits per heavy atom. The molecule has 0 bridgehead atoms. The van der Waals surface area contributed by atoms with Crippen molar-refractivity contribution in [3.8, 4) is 5.75 Å². The molecule has 28 heavy (non-hydrogen) atoms. The van der Waals surface area contributed by atoms with Crippen molar-refractivity contribution >= 4 is 0 Å². The van der Waals surface area contributed by atoms with Crippen molar-refractivity contribution in [2.45, 2.75) is 63.7 Å². The minimum absolute atomic E-state index is 0.185. The topological polar surface area (TPSA) is 90.5 Å².